The van der Waals surface area contributed by atoms with Crippen molar-refractivity contribution in [3.8, 4) is 16.9 Å². The summed E-state index contributed by atoms with van der Waals surface area (Å²) in [7, 11) is 3.29. The van der Waals surface area contributed by atoms with E-state index < -0.39 is 15.1 Å². The minimum absolute atomic E-state index is 0.168. The Morgan fingerprint density at radius 2 is 1.72 bits per heavy atom. The predicted octanol–water partition coefficient (Wildman–Crippen LogP) is 11.7. The van der Waals surface area contributed by atoms with Crippen LogP contribution in [0.4, 0.5) is 10.5 Å². The summed E-state index contributed by atoms with van der Waals surface area (Å²) in [6.07, 6.45) is 4.40. The van der Waals surface area contributed by atoms with E-state index in [4.69, 9.17) is 42.5 Å². The van der Waals surface area contributed by atoms with E-state index in [2.05, 4.69) is 38.6 Å². The SMILES string of the molecule is COC(=O)c1ccc2c(c1)c(N1CC(C)n3c(c(CCCOc4cc(C)c(Cl)c(C)c4)c4ccc(Cl)c(-c5c(C)nn(C)c5C)c43)C1=O)cn2CC1(I)CCCN1C(=O)OC(C)(C)C. The second-order valence-corrected chi connectivity index (χ2v) is 21.1. The van der Waals surface area contributed by atoms with Gasteiger partial charge in [-0.25, -0.2) is 9.59 Å². The summed E-state index contributed by atoms with van der Waals surface area (Å²) < 4.78 is 22.9. The first-order valence-electron chi connectivity index (χ1n) is 21.7. The molecule has 2 unspecified atom stereocenters. The zero-order chi connectivity index (χ0) is 46.2. The smallest absolute Gasteiger partial charge is 0.411 e. The van der Waals surface area contributed by atoms with Gasteiger partial charge in [0.1, 0.15) is 20.6 Å². The predicted molar refractivity (Wildman–Crippen MR) is 262 cm³/mol. The summed E-state index contributed by atoms with van der Waals surface area (Å²) >= 11 is 16.1. The maximum absolute atomic E-state index is 15.6. The van der Waals surface area contributed by atoms with Crippen molar-refractivity contribution in [2.24, 2.45) is 7.05 Å². The molecule has 0 saturated carbocycles. The van der Waals surface area contributed by atoms with Crippen molar-refractivity contribution in [1.82, 2.24) is 23.8 Å². The molecule has 1 fully saturated rings. The molecule has 8 rings (SSSR count). The van der Waals surface area contributed by atoms with Crippen LogP contribution in [0.1, 0.15) is 102 Å². The molecule has 3 aromatic carbocycles. The lowest BCUT2D eigenvalue weighted by Gasteiger charge is -2.35. The summed E-state index contributed by atoms with van der Waals surface area (Å²) in [5.41, 5.74) is 9.11. The lowest BCUT2D eigenvalue weighted by atomic mass is 9.98. The van der Waals surface area contributed by atoms with Crippen molar-refractivity contribution in [3.63, 3.8) is 0 Å². The van der Waals surface area contributed by atoms with Gasteiger partial charge in [0, 0.05) is 65.0 Å². The third-order valence-electron chi connectivity index (χ3n) is 12.6. The molecule has 0 N–H and O–H groups in total. The van der Waals surface area contributed by atoms with Gasteiger partial charge in [-0.05, 0) is 134 Å². The van der Waals surface area contributed by atoms with Gasteiger partial charge in [0.05, 0.1) is 53.3 Å². The molecule has 6 aromatic rings. The number of amides is 2. The highest BCUT2D eigenvalue weighted by atomic mass is 127. The third kappa shape index (κ3) is 8.14. The average Bonchev–Trinajstić information content (AvgIpc) is 3.96. The Bertz CT molecular complexity index is 2850. The number of methoxy groups -OCH3 is 1. The Kier molecular flexibility index (Phi) is 12.3. The number of rotatable bonds is 10. The van der Waals surface area contributed by atoms with Crippen LogP contribution in [0.15, 0.2) is 48.7 Å². The normalized spacial score (nSPS) is 17.8. The number of alkyl halides is 1. The van der Waals surface area contributed by atoms with Gasteiger partial charge in [-0.15, -0.1) is 0 Å². The van der Waals surface area contributed by atoms with Crippen molar-refractivity contribution in [2.75, 3.05) is 31.7 Å². The van der Waals surface area contributed by atoms with Crippen LogP contribution in [0.5, 0.6) is 5.75 Å². The number of ether oxygens (including phenoxy) is 3. The second kappa shape index (κ2) is 17.2. The van der Waals surface area contributed by atoms with E-state index in [9.17, 15) is 9.59 Å². The number of nitrogens with zero attached hydrogens (tertiary/aromatic N) is 6. The molecule has 0 spiro atoms. The molecule has 15 heteroatoms. The number of carbonyl (C=O) groups is 3. The summed E-state index contributed by atoms with van der Waals surface area (Å²) in [5.74, 6) is 0.104. The molecule has 2 aliphatic rings. The first-order chi connectivity index (χ1) is 30.2. The first kappa shape index (κ1) is 45.8. The molecule has 0 aliphatic carbocycles. The van der Waals surface area contributed by atoms with Crippen LogP contribution in [-0.2, 0) is 29.5 Å². The monoisotopic (exact) mass is 1020 g/mol. The van der Waals surface area contributed by atoms with Crippen molar-refractivity contribution >= 4 is 91.3 Å². The van der Waals surface area contributed by atoms with Gasteiger partial charge < -0.3 is 28.2 Å². The Labute approximate surface area is 397 Å². The molecule has 2 aliphatic heterocycles. The third-order valence-corrected chi connectivity index (χ3v) is 15.0. The van der Waals surface area contributed by atoms with Gasteiger partial charge in [0.25, 0.3) is 5.91 Å². The largest absolute Gasteiger partial charge is 0.494 e. The molecule has 0 radical (unpaired) electrons. The Morgan fingerprint density at radius 3 is 2.38 bits per heavy atom. The van der Waals surface area contributed by atoms with E-state index in [0.29, 0.717) is 61.1 Å². The number of carbonyl (C=O) groups excluding carboxylic acids is 3. The fraction of sp³-hybridized carbons (Fsp3) is 0.429. The Morgan fingerprint density at radius 1 is 1.00 bits per heavy atom. The van der Waals surface area contributed by atoms with Crippen molar-refractivity contribution in [3.05, 3.63) is 98.0 Å². The molecule has 2 amide bonds. The maximum Gasteiger partial charge on any atom is 0.411 e. The standard InChI is InChI=1S/C49H55Cl2IN6O6/c1-27-21-33(22-28(2)42(27)51)63-20-11-13-34-35-15-16-37(50)41(40-30(4)53-54(9)31(40)5)43(35)58-29(3)24-56(45(59)44(34)58)39-25-55(38-17-14-32(23-36(38)39)46(60)62-10)26-49(52)18-12-19-57(49)47(61)64-48(6,7)8/h14-17,21-23,25,29H,11-13,18-20,24,26H2,1-10H3. The van der Waals surface area contributed by atoms with Gasteiger partial charge in [-0.2, -0.15) is 5.10 Å². The number of esters is 1. The van der Waals surface area contributed by atoms with Crippen molar-refractivity contribution < 1.29 is 28.6 Å². The number of hydrogen-bond donors (Lipinski definition) is 0. The van der Waals surface area contributed by atoms with Gasteiger partial charge in [-0.1, -0.05) is 51.9 Å². The van der Waals surface area contributed by atoms with Crippen LogP contribution in [0.2, 0.25) is 10.0 Å². The number of anilines is 1. The number of aryl methyl sites for hydroxylation is 5. The topological polar surface area (TPSA) is 113 Å². The molecule has 5 heterocycles. The summed E-state index contributed by atoms with van der Waals surface area (Å²) in [4.78, 5) is 45.9. The molecule has 0 bridgehead atoms. The highest BCUT2D eigenvalue weighted by molar-refractivity contribution is 14.1. The zero-order valence-corrected chi connectivity index (χ0v) is 41.8. The number of likely N-dealkylation sites (tertiary alicyclic amines) is 1. The van der Waals surface area contributed by atoms with Gasteiger partial charge in [0.2, 0.25) is 0 Å². The van der Waals surface area contributed by atoms with E-state index in [1.54, 1.807) is 12.1 Å². The van der Waals surface area contributed by atoms with Crippen LogP contribution in [0.3, 0.4) is 0 Å². The van der Waals surface area contributed by atoms with Crippen molar-refractivity contribution in [1.29, 1.82) is 0 Å². The Hall–Kier alpha value is -4.73. The van der Waals surface area contributed by atoms with E-state index in [1.165, 1.54) is 7.11 Å². The lowest BCUT2D eigenvalue weighted by Crippen LogP contribution is -2.47. The van der Waals surface area contributed by atoms with Gasteiger partial charge in [-0.3, -0.25) is 14.4 Å². The summed E-state index contributed by atoms with van der Waals surface area (Å²) in [6.45, 7) is 17.5. The van der Waals surface area contributed by atoms with Crippen LogP contribution in [0.25, 0.3) is 32.9 Å². The van der Waals surface area contributed by atoms with Crippen LogP contribution < -0.4 is 9.64 Å². The molecule has 2 atom stereocenters. The summed E-state index contributed by atoms with van der Waals surface area (Å²) in [5, 5.41) is 7.74. The minimum Gasteiger partial charge on any atom is -0.494 e. The van der Waals surface area contributed by atoms with Crippen LogP contribution in [0, 0.1) is 27.7 Å². The molecule has 3 aromatic heterocycles. The van der Waals surface area contributed by atoms with E-state index in [-0.39, 0.29) is 18.0 Å². The quantitative estimate of drug-likeness (QED) is 0.0441. The summed E-state index contributed by atoms with van der Waals surface area (Å²) in [6, 6.07) is 13.1. The lowest BCUT2D eigenvalue weighted by molar-refractivity contribution is 0.0198. The zero-order valence-electron chi connectivity index (χ0n) is 38.1. The Balaban J connectivity index is 1.26. The molecule has 1 saturated heterocycles. The van der Waals surface area contributed by atoms with Gasteiger partial charge in [0.15, 0.2) is 0 Å². The fourth-order valence-electron chi connectivity index (χ4n) is 9.65. The number of benzene rings is 3. The van der Waals surface area contributed by atoms with Gasteiger partial charge >= 0.3 is 12.1 Å². The minimum atomic E-state index is -0.648. The molecular weight excluding hydrogens is 966 g/mol. The van der Waals surface area contributed by atoms with Crippen LogP contribution in [-0.4, -0.2) is 77.7 Å². The second-order valence-electron chi connectivity index (χ2n) is 18.3. The van der Waals surface area contributed by atoms with E-state index >= 15 is 4.79 Å². The molecular formula is C49H55Cl2IN6O6. The maximum atomic E-state index is 15.6. The fourth-order valence-corrected chi connectivity index (χ4v) is 11.2. The van der Waals surface area contributed by atoms with E-state index in [0.717, 1.165) is 84.6 Å². The highest BCUT2D eigenvalue weighted by Gasteiger charge is 2.45. The number of aromatic nitrogens is 4. The number of hydrogen-bond acceptors (Lipinski definition) is 7. The average molecular weight is 1020 g/mol. The molecule has 12 nitrogen and oxygen atoms in total. The molecule has 338 valence electrons. The van der Waals surface area contributed by atoms with Crippen molar-refractivity contribution in [2.45, 2.75) is 103 Å². The molecule has 64 heavy (non-hydrogen) atoms. The van der Waals surface area contributed by atoms with E-state index in [1.807, 2.05) is 107 Å². The highest BCUT2D eigenvalue weighted by Crippen LogP contribution is 2.47. The number of halogens is 3. The first-order valence-corrected chi connectivity index (χ1v) is 23.5. The number of fused-ring (bicyclic) bond motifs is 4. The van der Waals surface area contributed by atoms with Crippen LogP contribution >= 0.6 is 45.8 Å².